The third kappa shape index (κ3) is 5.16. The maximum Gasteiger partial charge on any atom is 0.215 e. The molecule has 1 aliphatic rings. The molecule has 0 radical (unpaired) electrons. The fraction of sp³-hybridized carbons (Fsp3) is 1.00. The van der Waals surface area contributed by atoms with Gasteiger partial charge in [-0.3, -0.25) is 0 Å². The van der Waals surface area contributed by atoms with Gasteiger partial charge in [-0.15, -0.1) is 0 Å². The summed E-state index contributed by atoms with van der Waals surface area (Å²) >= 11 is 1.85. The van der Waals surface area contributed by atoms with Crippen LogP contribution in [0.2, 0.25) is 0 Å². The second-order valence-corrected chi connectivity index (χ2v) is 8.90. The number of rotatable bonds is 6. The molecule has 0 saturated carbocycles. The number of nitrogens with zero attached hydrogens (tertiary/aromatic N) is 1. The molecule has 1 rings (SSSR count). The Hall–Kier alpha value is 0.220. The van der Waals surface area contributed by atoms with E-state index in [1.54, 1.807) is 4.31 Å². The predicted molar refractivity (Wildman–Crippen MR) is 75.1 cm³/mol. The number of hydrogen-bond acceptors (Lipinski definition) is 4. The highest BCUT2D eigenvalue weighted by Gasteiger charge is 2.33. The van der Waals surface area contributed by atoms with Gasteiger partial charge in [0.1, 0.15) is 0 Å². The highest BCUT2D eigenvalue weighted by molar-refractivity contribution is 8.00. The van der Waals surface area contributed by atoms with Gasteiger partial charge in [-0.25, -0.2) is 8.42 Å². The van der Waals surface area contributed by atoms with Crippen LogP contribution in [0.1, 0.15) is 27.2 Å². The van der Waals surface area contributed by atoms with E-state index >= 15 is 0 Å². The van der Waals surface area contributed by atoms with E-state index in [2.05, 4.69) is 26.1 Å². The Bertz CT molecular complexity index is 328. The van der Waals surface area contributed by atoms with Crippen molar-refractivity contribution in [2.24, 2.45) is 0 Å². The van der Waals surface area contributed by atoms with Crippen molar-refractivity contribution in [2.45, 2.75) is 31.9 Å². The molecule has 1 heterocycles. The molecule has 0 aromatic heterocycles. The summed E-state index contributed by atoms with van der Waals surface area (Å²) < 4.78 is 25.9. The van der Waals surface area contributed by atoms with Crippen molar-refractivity contribution in [3.05, 3.63) is 0 Å². The van der Waals surface area contributed by atoms with Crippen molar-refractivity contribution in [1.82, 2.24) is 9.62 Å². The molecule has 0 aromatic carbocycles. The minimum absolute atomic E-state index is 0.0438. The average molecular weight is 280 g/mol. The predicted octanol–water partition coefficient (Wildman–Crippen LogP) is 1.14. The fourth-order valence-electron chi connectivity index (χ4n) is 1.84. The van der Waals surface area contributed by atoms with E-state index in [9.17, 15) is 8.42 Å². The standard InChI is InChI=1S/C11H24N2O2S2/c1-4-5-12-6-9-17(14,15)13-7-8-16-11(2,3)10-13/h12H,4-10H2,1-3H3. The molecule has 102 valence electrons. The second kappa shape index (κ2) is 6.41. The van der Waals surface area contributed by atoms with Crippen LogP contribution in [0.5, 0.6) is 0 Å². The molecule has 0 aliphatic carbocycles. The quantitative estimate of drug-likeness (QED) is 0.741. The van der Waals surface area contributed by atoms with Crippen LogP contribution < -0.4 is 5.32 Å². The Morgan fingerprint density at radius 1 is 1.35 bits per heavy atom. The number of nitrogens with one attached hydrogen (secondary N) is 1. The van der Waals surface area contributed by atoms with Crippen LogP contribution in [-0.2, 0) is 10.0 Å². The summed E-state index contributed by atoms with van der Waals surface area (Å²) in [6, 6.07) is 0. The lowest BCUT2D eigenvalue weighted by molar-refractivity contribution is 0.387. The summed E-state index contributed by atoms with van der Waals surface area (Å²) in [6.45, 7) is 9.02. The SMILES string of the molecule is CCCNCCS(=O)(=O)N1CCSC(C)(C)C1. The molecule has 0 bridgehead atoms. The Morgan fingerprint density at radius 3 is 2.65 bits per heavy atom. The maximum atomic E-state index is 12.1. The van der Waals surface area contributed by atoms with E-state index in [1.807, 2.05) is 11.8 Å². The van der Waals surface area contributed by atoms with Crippen LogP contribution in [0, 0.1) is 0 Å². The minimum Gasteiger partial charge on any atom is -0.316 e. The number of sulfonamides is 1. The van der Waals surface area contributed by atoms with E-state index in [4.69, 9.17) is 0 Å². The van der Waals surface area contributed by atoms with Gasteiger partial charge in [0.25, 0.3) is 0 Å². The molecule has 0 unspecified atom stereocenters. The van der Waals surface area contributed by atoms with Gasteiger partial charge in [0.15, 0.2) is 0 Å². The summed E-state index contributed by atoms with van der Waals surface area (Å²) in [7, 11) is -3.08. The minimum atomic E-state index is -3.08. The van der Waals surface area contributed by atoms with Crippen molar-refractivity contribution >= 4 is 21.8 Å². The largest absolute Gasteiger partial charge is 0.316 e. The lowest BCUT2D eigenvalue weighted by Gasteiger charge is -2.36. The summed E-state index contributed by atoms with van der Waals surface area (Å²) in [5, 5.41) is 3.14. The Kier molecular flexibility index (Phi) is 5.76. The van der Waals surface area contributed by atoms with E-state index in [0.29, 0.717) is 19.6 Å². The van der Waals surface area contributed by atoms with Crippen LogP contribution >= 0.6 is 11.8 Å². The normalized spacial score (nSPS) is 21.6. The van der Waals surface area contributed by atoms with Gasteiger partial charge in [-0.2, -0.15) is 16.1 Å². The molecule has 17 heavy (non-hydrogen) atoms. The lowest BCUT2D eigenvalue weighted by atomic mass is 10.2. The first kappa shape index (κ1) is 15.3. The second-order valence-electron chi connectivity index (χ2n) is 5.01. The van der Waals surface area contributed by atoms with Crippen molar-refractivity contribution in [2.75, 3.05) is 37.7 Å². The molecule has 0 spiro atoms. The number of hydrogen-bond donors (Lipinski definition) is 1. The zero-order valence-electron chi connectivity index (χ0n) is 11.0. The van der Waals surface area contributed by atoms with Crippen molar-refractivity contribution in [3.63, 3.8) is 0 Å². The van der Waals surface area contributed by atoms with Gasteiger partial charge in [0, 0.05) is 30.1 Å². The Morgan fingerprint density at radius 2 is 2.06 bits per heavy atom. The van der Waals surface area contributed by atoms with Crippen LogP contribution in [0.3, 0.4) is 0 Å². The summed E-state index contributed by atoms with van der Waals surface area (Å²) in [5.41, 5.74) is 0. The lowest BCUT2D eigenvalue weighted by Crippen LogP contribution is -2.47. The third-order valence-electron chi connectivity index (χ3n) is 2.75. The average Bonchev–Trinajstić information content (AvgIpc) is 2.23. The van der Waals surface area contributed by atoms with Crippen LogP contribution in [-0.4, -0.2) is 55.2 Å². The third-order valence-corrected chi connectivity index (χ3v) is 5.86. The molecule has 0 amide bonds. The summed E-state index contributed by atoms with van der Waals surface area (Å²) in [4.78, 5) is 0. The van der Waals surface area contributed by atoms with Gasteiger partial charge in [0.2, 0.25) is 10.0 Å². The molecular weight excluding hydrogens is 256 g/mol. The van der Waals surface area contributed by atoms with E-state index < -0.39 is 10.0 Å². The van der Waals surface area contributed by atoms with E-state index in [0.717, 1.165) is 18.7 Å². The smallest absolute Gasteiger partial charge is 0.215 e. The molecular formula is C11H24N2O2S2. The molecule has 1 N–H and O–H groups in total. The Labute approximate surface area is 110 Å². The first-order chi connectivity index (χ1) is 7.87. The zero-order valence-corrected chi connectivity index (χ0v) is 12.7. The molecule has 1 saturated heterocycles. The molecule has 1 aliphatic heterocycles. The van der Waals surface area contributed by atoms with Crippen molar-refractivity contribution < 1.29 is 8.42 Å². The molecule has 0 atom stereocenters. The first-order valence-corrected chi connectivity index (χ1v) is 8.79. The van der Waals surface area contributed by atoms with Crippen molar-refractivity contribution in [3.8, 4) is 0 Å². The van der Waals surface area contributed by atoms with Crippen molar-refractivity contribution in [1.29, 1.82) is 0 Å². The van der Waals surface area contributed by atoms with Gasteiger partial charge < -0.3 is 5.32 Å². The monoisotopic (exact) mass is 280 g/mol. The van der Waals surface area contributed by atoms with Crippen LogP contribution in [0.15, 0.2) is 0 Å². The van der Waals surface area contributed by atoms with Gasteiger partial charge in [-0.05, 0) is 26.8 Å². The zero-order chi connectivity index (χ0) is 12.9. The van der Waals surface area contributed by atoms with Crippen LogP contribution in [0.4, 0.5) is 0 Å². The van der Waals surface area contributed by atoms with Gasteiger partial charge >= 0.3 is 0 Å². The van der Waals surface area contributed by atoms with E-state index in [1.165, 1.54) is 0 Å². The molecule has 4 nitrogen and oxygen atoms in total. The fourth-order valence-corrected chi connectivity index (χ4v) is 4.70. The van der Waals surface area contributed by atoms with E-state index in [-0.39, 0.29) is 10.5 Å². The molecule has 6 heteroatoms. The summed E-state index contributed by atoms with van der Waals surface area (Å²) in [6.07, 6.45) is 1.04. The maximum absolute atomic E-state index is 12.1. The first-order valence-electron chi connectivity index (χ1n) is 6.20. The van der Waals surface area contributed by atoms with Gasteiger partial charge in [-0.1, -0.05) is 6.92 Å². The highest BCUT2D eigenvalue weighted by atomic mass is 32.2. The highest BCUT2D eigenvalue weighted by Crippen LogP contribution is 2.30. The molecule has 1 fully saturated rings. The molecule has 0 aromatic rings. The Balaban J connectivity index is 2.46. The number of thioether (sulfide) groups is 1. The summed E-state index contributed by atoms with van der Waals surface area (Å²) in [5.74, 6) is 1.11. The van der Waals surface area contributed by atoms with Crippen LogP contribution in [0.25, 0.3) is 0 Å². The topological polar surface area (TPSA) is 49.4 Å². The van der Waals surface area contributed by atoms with Gasteiger partial charge in [0.05, 0.1) is 5.75 Å².